The predicted octanol–water partition coefficient (Wildman–Crippen LogP) is 0.577. The van der Waals surface area contributed by atoms with Gasteiger partial charge in [0.2, 0.25) is 5.91 Å². The van der Waals surface area contributed by atoms with Gasteiger partial charge in [0, 0.05) is 4.91 Å². The molecule has 1 saturated heterocycles. The van der Waals surface area contributed by atoms with Crippen LogP contribution in [0.2, 0.25) is 0 Å². The van der Waals surface area contributed by atoms with Gasteiger partial charge in [0.15, 0.2) is 0 Å². The second kappa shape index (κ2) is 11.0. The summed E-state index contributed by atoms with van der Waals surface area (Å²) in [6, 6.07) is 9.33. The Balaban J connectivity index is 0.000000922. The van der Waals surface area contributed by atoms with Crippen LogP contribution in [0.3, 0.4) is 0 Å². The van der Waals surface area contributed by atoms with Gasteiger partial charge in [-0.3, -0.25) is 9.71 Å². The van der Waals surface area contributed by atoms with Gasteiger partial charge in [0.05, 0.1) is 6.04 Å². The Morgan fingerprint density at radius 3 is 2.33 bits per heavy atom. The van der Waals surface area contributed by atoms with Gasteiger partial charge < -0.3 is 16.4 Å². The molecule has 1 fully saturated rings. The third kappa shape index (κ3) is 6.53. The average Bonchev–Trinajstić information content (AvgIpc) is 2.64. The summed E-state index contributed by atoms with van der Waals surface area (Å²) < 4.78 is 0. The first-order valence-corrected chi connectivity index (χ1v) is 6.11. The minimum atomic E-state index is -0.561. The topological polar surface area (TPSA) is 137 Å². The predicted molar refractivity (Wildman–Crippen MR) is 74.2 cm³/mol. The summed E-state index contributed by atoms with van der Waals surface area (Å²) in [6.45, 7) is 0. The zero-order chi connectivity index (χ0) is 14.8. The fourth-order valence-electron chi connectivity index (χ4n) is 2.09. The van der Waals surface area contributed by atoms with E-state index in [0.29, 0.717) is 6.42 Å². The molecule has 0 aromatic heterocycles. The van der Waals surface area contributed by atoms with Crippen LogP contribution in [0, 0.1) is 0 Å². The molecule has 2 atom stereocenters. The van der Waals surface area contributed by atoms with Crippen LogP contribution in [-0.4, -0.2) is 11.9 Å². The van der Waals surface area contributed by atoms with Crippen molar-refractivity contribution in [1.82, 2.24) is 5.32 Å². The first-order chi connectivity index (χ1) is 9.72. The number of amides is 1. The standard InChI is InChI=1S/C12H14N4O.N3.Na/c13-16-15-11-8-4-7-10(14-12(11)17)9-5-2-1-3-6-9;1-3-2;/h1-3,5-6,10-11H,4,7-8H2,(H,14,17);;/q;-1;+1/t10-,11-;;/m0../s1. The first-order valence-electron chi connectivity index (χ1n) is 6.11. The van der Waals surface area contributed by atoms with E-state index in [1.165, 1.54) is 4.91 Å². The molecule has 9 heteroatoms. The van der Waals surface area contributed by atoms with Crippen LogP contribution in [0.4, 0.5) is 0 Å². The molecule has 0 saturated carbocycles. The summed E-state index contributed by atoms with van der Waals surface area (Å²) in [4.78, 5) is 16.0. The monoisotopic (exact) mass is 295 g/mol. The minimum Gasteiger partial charge on any atom is -0.373 e. The Morgan fingerprint density at radius 1 is 1.14 bits per heavy atom. The zero-order valence-electron chi connectivity index (χ0n) is 11.8. The van der Waals surface area contributed by atoms with Crippen LogP contribution in [-0.2, 0) is 4.79 Å². The molecule has 0 unspecified atom stereocenters. The molecule has 0 spiro atoms. The second-order valence-electron chi connectivity index (χ2n) is 4.21. The van der Waals surface area contributed by atoms with Crippen LogP contribution < -0.4 is 34.9 Å². The Labute approximate surface area is 144 Å². The van der Waals surface area contributed by atoms with Crippen molar-refractivity contribution in [3.05, 3.63) is 62.3 Å². The molecular formula is C12H14N7NaO. The van der Waals surface area contributed by atoms with E-state index < -0.39 is 6.04 Å². The fourth-order valence-corrected chi connectivity index (χ4v) is 2.09. The van der Waals surface area contributed by atoms with Crippen LogP contribution >= 0.6 is 0 Å². The zero-order valence-corrected chi connectivity index (χ0v) is 13.8. The van der Waals surface area contributed by atoms with Gasteiger partial charge in [0.1, 0.15) is 6.04 Å². The third-order valence-electron chi connectivity index (χ3n) is 2.98. The van der Waals surface area contributed by atoms with E-state index in [4.69, 9.17) is 16.6 Å². The van der Waals surface area contributed by atoms with E-state index in [1.807, 2.05) is 30.3 Å². The van der Waals surface area contributed by atoms with Crippen molar-refractivity contribution in [2.24, 2.45) is 5.11 Å². The number of carbonyl (C=O) groups is 1. The summed E-state index contributed by atoms with van der Waals surface area (Å²) >= 11 is 0. The molecule has 21 heavy (non-hydrogen) atoms. The number of rotatable bonds is 2. The Morgan fingerprint density at radius 2 is 1.76 bits per heavy atom. The quantitative estimate of drug-likeness (QED) is 0.363. The number of nitrogens with one attached hydrogen (secondary N) is 1. The number of nitrogens with zero attached hydrogens (tertiary/aromatic N) is 6. The van der Waals surface area contributed by atoms with Crippen molar-refractivity contribution in [3.8, 4) is 0 Å². The van der Waals surface area contributed by atoms with E-state index in [-0.39, 0.29) is 41.5 Å². The molecular weight excluding hydrogens is 281 g/mol. The molecule has 1 aliphatic heterocycles. The molecule has 1 aliphatic rings. The van der Waals surface area contributed by atoms with Crippen molar-refractivity contribution in [3.63, 3.8) is 0 Å². The number of hydrogen-bond donors (Lipinski definition) is 1. The molecule has 104 valence electrons. The first kappa shape index (κ1) is 19.3. The van der Waals surface area contributed by atoms with Gasteiger partial charge in [-0.05, 0) is 23.9 Å². The minimum absolute atomic E-state index is 0. The third-order valence-corrected chi connectivity index (χ3v) is 2.98. The Hall–Kier alpha value is -1.69. The molecule has 1 aromatic rings. The Bertz CT molecular complexity index is 524. The molecule has 0 radical (unpaired) electrons. The van der Waals surface area contributed by atoms with E-state index in [1.54, 1.807) is 0 Å². The Kier molecular flexibility index (Phi) is 10.1. The van der Waals surface area contributed by atoms with Crippen molar-refractivity contribution >= 4 is 5.91 Å². The van der Waals surface area contributed by atoms with Gasteiger partial charge in [-0.1, -0.05) is 41.9 Å². The van der Waals surface area contributed by atoms with Gasteiger partial charge >= 0.3 is 29.6 Å². The van der Waals surface area contributed by atoms with E-state index in [9.17, 15) is 4.79 Å². The molecule has 1 aromatic carbocycles. The molecule has 1 N–H and O–H groups in total. The summed E-state index contributed by atoms with van der Waals surface area (Å²) in [6.07, 6.45) is 2.38. The van der Waals surface area contributed by atoms with Crippen molar-refractivity contribution < 1.29 is 34.4 Å². The number of carbonyl (C=O) groups excluding carboxylic acids is 1. The van der Waals surface area contributed by atoms with Gasteiger partial charge in [-0.25, -0.2) is 0 Å². The molecule has 0 bridgehead atoms. The summed E-state index contributed by atoms with van der Waals surface area (Å²) in [7, 11) is 0. The van der Waals surface area contributed by atoms with E-state index in [2.05, 4.69) is 15.3 Å². The molecule has 2 rings (SSSR count). The van der Waals surface area contributed by atoms with Crippen LogP contribution in [0.25, 0.3) is 26.4 Å². The number of benzene rings is 1. The van der Waals surface area contributed by atoms with Gasteiger partial charge in [-0.15, -0.1) is 0 Å². The van der Waals surface area contributed by atoms with Crippen molar-refractivity contribution in [1.29, 1.82) is 0 Å². The fraction of sp³-hybridized carbons (Fsp3) is 0.417. The maximum atomic E-state index is 11.8. The summed E-state index contributed by atoms with van der Waals surface area (Å²) in [5.41, 5.74) is 23.0. The second-order valence-corrected chi connectivity index (χ2v) is 4.21. The van der Waals surface area contributed by atoms with Gasteiger partial charge in [0.25, 0.3) is 0 Å². The molecule has 1 heterocycles. The molecule has 1 amide bonds. The van der Waals surface area contributed by atoms with Crippen LogP contribution in [0.1, 0.15) is 30.9 Å². The summed E-state index contributed by atoms with van der Waals surface area (Å²) in [5.74, 6) is -0.172. The van der Waals surface area contributed by atoms with Crippen LogP contribution in [0.5, 0.6) is 0 Å². The molecule has 0 aliphatic carbocycles. The largest absolute Gasteiger partial charge is 1.00 e. The van der Waals surface area contributed by atoms with Crippen molar-refractivity contribution in [2.45, 2.75) is 31.3 Å². The maximum absolute atomic E-state index is 11.8. The van der Waals surface area contributed by atoms with Crippen LogP contribution in [0.15, 0.2) is 35.4 Å². The average molecular weight is 295 g/mol. The van der Waals surface area contributed by atoms with E-state index in [0.717, 1.165) is 18.4 Å². The normalized spacial score (nSPS) is 20.1. The molecule has 8 nitrogen and oxygen atoms in total. The maximum Gasteiger partial charge on any atom is 1.00 e. The SMILES string of the molecule is [N-]=[N+]=N[C@H]1CCC[C@@H](c2ccccc2)NC1=O.[N-]=[N+]=[N-].[Na+]. The van der Waals surface area contributed by atoms with Crippen molar-refractivity contribution in [2.75, 3.05) is 0 Å². The smallest absolute Gasteiger partial charge is 0.373 e. The number of hydrogen-bond acceptors (Lipinski definition) is 2. The van der Waals surface area contributed by atoms with Gasteiger partial charge in [-0.2, -0.15) is 0 Å². The van der Waals surface area contributed by atoms with E-state index >= 15 is 0 Å². The number of azide groups is 1. The summed E-state index contributed by atoms with van der Waals surface area (Å²) in [5, 5.41) is 6.45.